The zero-order chi connectivity index (χ0) is 25.8. The molecule has 5 aromatic rings. The van der Waals surface area contributed by atoms with Gasteiger partial charge < -0.3 is 24.8 Å². The van der Waals surface area contributed by atoms with Crippen LogP contribution in [0, 0.1) is 0 Å². The molecule has 0 radical (unpaired) electrons. The molecule has 2 amide bonds. The molecule has 0 unspecified atom stereocenters. The van der Waals surface area contributed by atoms with Gasteiger partial charge in [0.2, 0.25) is 11.8 Å². The minimum absolute atomic E-state index is 0.131. The molecule has 12 nitrogen and oxygen atoms in total. The van der Waals surface area contributed by atoms with E-state index >= 15 is 0 Å². The molecule has 2 aromatic carbocycles. The summed E-state index contributed by atoms with van der Waals surface area (Å²) >= 11 is 2.64. The van der Waals surface area contributed by atoms with Gasteiger partial charge in [-0.25, -0.2) is 4.98 Å². The van der Waals surface area contributed by atoms with Crippen molar-refractivity contribution in [2.24, 2.45) is 14.1 Å². The molecule has 37 heavy (non-hydrogen) atoms. The number of benzene rings is 2. The molecule has 0 bridgehead atoms. The molecular weight excluding hydrogens is 512 g/mol. The monoisotopic (exact) mass is 534 g/mol. The first-order valence-electron chi connectivity index (χ1n) is 11.1. The molecule has 14 heteroatoms. The first kappa shape index (κ1) is 24.5. The first-order chi connectivity index (χ1) is 17.9. The molecule has 3 aromatic heterocycles. The smallest absolute Gasteiger partial charge is 0.234 e. The lowest BCUT2D eigenvalue weighted by atomic mass is 10.2. The van der Waals surface area contributed by atoms with Crippen LogP contribution in [0.1, 0.15) is 0 Å². The first-order valence-corrected chi connectivity index (χ1v) is 13.1. The third kappa shape index (κ3) is 5.98. The number of hydrogen-bond acceptors (Lipinski definition) is 9. The van der Waals surface area contributed by atoms with Crippen molar-refractivity contribution in [3.05, 3.63) is 55.1 Å². The number of aromatic amines is 1. The van der Waals surface area contributed by atoms with Crippen molar-refractivity contribution in [2.45, 2.75) is 10.3 Å². The van der Waals surface area contributed by atoms with Crippen molar-refractivity contribution in [1.29, 1.82) is 0 Å². The maximum Gasteiger partial charge on any atom is 0.234 e. The van der Waals surface area contributed by atoms with Gasteiger partial charge in [-0.2, -0.15) is 0 Å². The predicted molar refractivity (Wildman–Crippen MR) is 142 cm³/mol. The second-order valence-electron chi connectivity index (χ2n) is 8.02. The van der Waals surface area contributed by atoms with Crippen LogP contribution in [0.5, 0.6) is 0 Å². The van der Waals surface area contributed by atoms with Crippen LogP contribution in [0.15, 0.2) is 65.4 Å². The second-order valence-corrected chi connectivity index (χ2v) is 9.90. The number of nitrogens with one attached hydrogen (secondary N) is 3. The zero-order valence-corrected chi connectivity index (χ0v) is 21.5. The molecule has 0 saturated carbocycles. The molecule has 3 N–H and O–H groups in total. The van der Waals surface area contributed by atoms with E-state index < -0.39 is 0 Å². The molecule has 0 atom stereocenters. The van der Waals surface area contributed by atoms with Crippen LogP contribution < -0.4 is 10.6 Å². The number of fused-ring (bicyclic) bond motifs is 1. The van der Waals surface area contributed by atoms with E-state index in [1.165, 1.54) is 23.5 Å². The van der Waals surface area contributed by atoms with Crippen LogP contribution in [0.3, 0.4) is 0 Å². The number of amides is 2. The highest BCUT2D eigenvalue weighted by Crippen LogP contribution is 2.25. The Bertz CT molecular complexity index is 1560. The van der Waals surface area contributed by atoms with E-state index in [1.54, 1.807) is 21.8 Å². The van der Waals surface area contributed by atoms with Crippen molar-refractivity contribution >= 4 is 57.7 Å². The quantitative estimate of drug-likeness (QED) is 0.243. The molecule has 3 heterocycles. The van der Waals surface area contributed by atoms with Crippen molar-refractivity contribution in [2.75, 3.05) is 22.1 Å². The summed E-state index contributed by atoms with van der Waals surface area (Å²) in [5, 5.41) is 22.7. The zero-order valence-electron chi connectivity index (χ0n) is 19.9. The average Bonchev–Trinajstić information content (AvgIpc) is 3.61. The van der Waals surface area contributed by atoms with Crippen molar-refractivity contribution in [1.82, 2.24) is 39.5 Å². The standard InChI is InChI=1S/C23H22N10O2S2/c1-32-12-24-30-22(32)36-10-19(34)26-15-5-3-14(4-6-15)21-28-17-8-7-16(9-18(17)29-21)27-20(35)11-37-23-31-25-13-33(23)2/h3-9,12-13H,10-11H2,1-2H3,(H,26,34)(H,27,35)(H,28,29). The normalized spacial score (nSPS) is 11.1. The summed E-state index contributed by atoms with van der Waals surface area (Å²) in [6.07, 6.45) is 3.19. The van der Waals surface area contributed by atoms with Gasteiger partial charge in [0.1, 0.15) is 18.5 Å². The fourth-order valence-electron chi connectivity index (χ4n) is 3.40. The molecule has 0 fully saturated rings. The molecule has 0 saturated heterocycles. The SMILES string of the molecule is Cn1cnnc1SCC(=O)Nc1ccc(-c2nc3ccc(NC(=O)CSc4nncn4C)cc3[nH]2)cc1. The molecular formula is C23H22N10O2S2. The molecule has 0 aliphatic rings. The third-order valence-electron chi connectivity index (χ3n) is 5.21. The molecule has 5 rings (SSSR count). The Morgan fingerprint density at radius 1 is 0.838 bits per heavy atom. The van der Waals surface area contributed by atoms with Gasteiger partial charge in [-0.15, -0.1) is 20.4 Å². The Morgan fingerprint density at radius 3 is 1.97 bits per heavy atom. The van der Waals surface area contributed by atoms with Crippen LogP contribution in [-0.2, 0) is 23.7 Å². The minimum atomic E-state index is -0.139. The summed E-state index contributed by atoms with van der Waals surface area (Å²) in [5.41, 5.74) is 3.80. The maximum atomic E-state index is 12.4. The van der Waals surface area contributed by atoms with E-state index in [2.05, 4.69) is 41.0 Å². The topological polar surface area (TPSA) is 148 Å². The van der Waals surface area contributed by atoms with Gasteiger partial charge in [-0.05, 0) is 42.5 Å². The van der Waals surface area contributed by atoms with Gasteiger partial charge in [0.25, 0.3) is 0 Å². The van der Waals surface area contributed by atoms with E-state index in [0.717, 1.165) is 16.6 Å². The lowest BCUT2D eigenvalue weighted by Crippen LogP contribution is -2.14. The number of carbonyl (C=O) groups is 2. The summed E-state index contributed by atoms with van der Waals surface area (Å²) in [4.78, 5) is 32.6. The van der Waals surface area contributed by atoms with Crippen LogP contribution in [0.2, 0.25) is 0 Å². The number of nitrogens with zero attached hydrogens (tertiary/aromatic N) is 7. The number of rotatable bonds is 9. The van der Waals surface area contributed by atoms with Crippen molar-refractivity contribution < 1.29 is 9.59 Å². The summed E-state index contributed by atoms with van der Waals surface area (Å²) in [6.45, 7) is 0. The lowest BCUT2D eigenvalue weighted by molar-refractivity contribution is -0.114. The van der Waals surface area contributed by atoms with Crippen LogP contribution >= 0.6 is 23.5 Å². The lowest BCUT2D eigenvalue weighted by Gasteiger charge is -2.05. The van der Waals surface area contributed by atoms with E-state index in [1.807, 2.05) is 56.6 Å². The molecule has 0 aliphatic carbocycles. The Hall–Kier alpha value is -4.17. The largest absolute Gasteiger partial charge is 0.338 e. The summed E-state index contributed by atoms with van der Waals surface area (Å²) in [7, 11) is 3.66. The van der Waals surface area contributed by atoms with E-state index in [4.69, 9.17) is 0 Å². The minimum Gasteiger partial charge on any atom is -0.338 e. The van der Waals surface area contributed by atoms with Crippen LogP contribution in [-0.4, -0.2) is 62.8 Å². The van der Waals surface area contributed by atoms with Gasteiger partial charge in [-0.1, -0.05) is 23.5 Å². The van der Waals surface area contributed by atoms with Gasteiger partial charge in [0, 0.05) is 31.0 Å². The number of carbonyl (C=O) groups excluding carboxylic acids is 2. The number of H-pyrrole nitrogens is 1. The van der Waals surface area contributed by atoms with Gasteiger partial charge in [0.15, 0.2) is 10.3 Å². The Balaban J connectivity index is 1.18. The highest BCUT2D eigenvalue weighted by molar-refractivity contribution is 8.00. The van der Waals surface area contributed by atoms with E-state index in [9.17, 15) is 9.59 Å². The Morgan fingerprint density at radius 2 is 1.41 bits per heavy atom. The number of hydrogen-bond donors (Lipinski definition) is 3. The average molecular weight is 535 g/mol. The number of anilines is 2. The number of imidazole rings is 1. The summed E-state index contributed by atoms with van der Waals surface area (Å²) < 4.78 is 3.52. The summed E-state index contributed by atoms with van der Waals surface area (Å²) in [5.74, 6) is 0.872. The van der Waals surface area contributed by atoms with E-state index in [-0.39, 0.29) is 23.3 Å². The van der Waals surface area contributed by atoms with Crippen molar-refractivity contribution in [3.8, 4) is 11.4 Å². The Labute approximate surface area is 219 Å². The molecule has 0 spiro atoms. The number of aromatic nitrogens is 8. The third-order valence-corrected chi connectivity index (χ3v) is 7.28. The maximum absolute atomic E-state index is 12.4. The van der Waals surface area contributed by atoms with Gasteiger partial charge in [0.05, 0.1) is 22.5 Å². The van der Waals surface area contributed by atoms with Crippen LogP contribution in [0.25, 0.3) is 22.4 Å². The fourth-order valence-corrected chi connectivity index (χ4v) is 4.77. The van der Waals surface area contributed by atoms with Crippen molar-refractivity contribution in [3.63, 3.8) is 0 Å². The highest BCUT2D eigenvalue weighted by Gasteiger charge is 2.11. The predicted octanol–water partition coefficient (Wildman–Crippen LogP) is 2.95. The van der Waals surface area contributed by atoms with Crippen LogP contribution in [0.4, 0.5) is 11.4 Å². The second kappa shape index (κ2) is 10.8. The molecule has 0 aliphatic heterocycles. The highest BCUT2D eigenvalue weighted by atomic mass is 32.2. The van der Waals surface area contributed by atoms with Gasteiger partial charge in [-0.3, -0.25) is 9.59 Å². The number of aryl methyl sites for hydroxylation is 2. The molecule has 188 valence electrons. The summed E-state index contributed by atoms with van der Waals surface area (Å²) in [6, 6.07) is 12.9. The van der Waals surface area contributed by atoms with Gasteiger partial charge >= 0.3 is 0 Å². The fraction of sp³-hybridized carbons (Fsp3) is 0.174. The Kier molecular flexibility index (Phi) is 7.18. The number of thioether (sulfide) groups is 2. The van der Waals surface area contributed by atoms with E-state index in [0.29, 0.717) is 27.5 Å².